The molecule has 0 aromatic carbocycles. The number of nitriles is 2. The molecule has 8 heteroatoms. The number of hydrogen-bond donors (Lipinski definition) is 0. The van der Waals surface area contributed by atoms with Gasteiger partial charge in [-0.15, -0.1) is 10.2 Å². The summed E-state index contributed by atoms with van der Waals surface area (Å²) in [5.41, 5.74) is 5.28. The molecule has 0 amide bonds. The van der Waals surface area contributed by atoms with E-state index < -0.39 is 0 Å². The monoisotopic (exact) mass is 488 g/mol. The molecule has 37 heavy (non-hydrogen) atoms. The molecular weight excluding hydrogens is 460 g/mol. The zero-order valence-electron chi connectivity index (χ0n) is 20.9. The Morgan fingerprint density at radius 2 is 1.54 bits per heavy atom. The van der Waals surface area contributed by atoms with E-state index in [1.165, 1.54) is 0 Å². The molecule has 5 aromatic heterocycles. The lowest BCUT2D eigenvalue weighted by Gasteiger charge is -2.30. The Morgan fingerprint density at radius 1 is 0.919 bits per heavy atom. The first-order valence-corrected chi connectivity index (χ1v) is 12.8. The summed E-state index contributed by atoms with van der Waals surface area (Å²) >= 11 is 0. The fraction of sp³-hybridized carbons (Fsp3) is 0.310. The largest absolute Gasteiger partial charge is 0.322 e. The van der Waals surface area contributed by atoms with Crippen molar-refractivity contribution in [2.24, 2.45) is 5.92 Å². The van der Waals surface area contributed by atoms with Crippen molar-refractivity contribution in [1.82, 2.24) is 28.5 Å². The van der Waals surface area contributed by atoms with Gasteiger partial charge in [-0.2, -0.15) is 10.5 Å². The summed E-state index contributed by atoms with van der Waals surface area (Å²) in [4.78, 5) is 2.40. The molecule has 0 N–H and O–H groups in total. The molecule has 0 saturated carbocycles. The highest BCUT2D eigenvalue weighted by Gasteiger charge is 2.26. The highest BCUT2D eigenvalue weighted by molar-refractivity contribution is 5.66. The standard InChI is InChI=1S/C29H28N8/c1-2-28-32-33-29-10-9-21(16-37(28)29)15-34(17-22-19-35-11-5-3-7-26(35)24(22)13-30)18-23-20-36-12-6-4-8-27(36)25(23)14-31/h3-8,11-12,19-21H,2,9-10,15-18H2,1H3/t21-/m0/s1. The summed E-state index contributed by atoms with van der Waals surface area (Å²) in [6.45, 7) is 5.14. The summed E-state index contributed by atoms with van der Waals surface area (Å²) in [5.74, 6) is 2.55. The van der Waals surface area contributed by atoms with Crippen LogP contribution in [0.4, 0.5) is 0 Å². The number of aromatic nitrogens is 5. The maximum Gasteiger partial charge on any atom is 0.133 e. The molecule has 0 bridgehead atoms. The van der Waals surface area contributed by atoms with Gasteiger partial charge in [0.2, 0.25) is 0 Å². The maximum absolute atomic E-state index is 10.0. The number of rotatable bonds is 7. The van der Waals surface area contributed by atoms with Crippen LogP contribution in [0.25, 0.3) is 11.0 Å². The van der Waals surface area contributed by atoms with Crippen molar-refractivity contribution in [1.29, 1.82) is 10.5 Å². The molecule has 6 heterocycles. The Kier molecular flexibility index (Phi) is 5.96. The smallest absolute Gasteiger partial charge is 0.133 e. The molecule has 1 atom stereocenters. The van der Waals surface area contributed by atoms with E-state index in [0.29, 0.717) is 30.1 Å². The minimum Gasteiger partial charge on any atom is -0.322 e. The van der Waals surface area contributed by atoms with Crippen molar-refractivity contribution in [2.45, 2.75) is 45.8 Å². The minimum atomic E-state index is 0.430. The third-order valence-corrected chi connectivity index (χ3v) is 7.49. The van der Waals surface area contributed by atoms with Gasteiger partial charge in [0.25, 0.3) is 0 Å². The van der Waals surface area contributed by atoms with Crippen molar-refractivity contribution in [3.63, 3.8) is 0 Å². The first-order chi connectivity index (χ1) is 18.2. The Balaban J connectivity index is 1.34. The van der Waals surface area contributed by atoms with E-state index in [1.54, 1.807) is 0 Å². The van der Waals surface area contributed by atoms with Crippen molar-refractivity contribution >= 4 is 11.0 Å². The molecule has 0 radical (unpaired) electrons. The predicted molar refractivity (Wildman–Crippen MR) is 140 cm³/mol. The number of hydrogen-bond acceptors (Lipinski definition) is 5. The zero-order chi connectivity index (χ0) is 25.4. The Morgan fingerprint density at radius 3 is 2.11 bits per heavy atom. The van der Waals surface area contributed by atoms with Crippen molar-refractivity contribution in [3.05, 3.63) is 95.1 Å². The van der Waals surface area contributed by atoms with Crippen LogP contribution in [0.2, 0.25) is 0 Å². The van der Waals surface area contributed by atoms with E-state index in [1.807, 2.05) is 57.6 Å². The van der Waals surface area contributed by atoms with E-state index in [0.717, 1.165) is 66.2 Å². The zero-order valence-corrected chi connectivity index (χ0v) is 20.9. The molecule has 0 saturated heterocycles. The number of pyridine rings is 2. The molecular formula is C29H28N8. The first kappa shape index (κ1) is 23.0. The third kappa shape index (κ3) is 4.16. The number of nitrogens with zero attached hydrogens (tertiary/aromatic N) is 8. The van der Waals surface area contributed by atoms with Crippen LogP contribution in [0.1, 0.15) is 47.2 Å². The lowest BCUT2D eigenvalue weighted by molar-refractivity contribution is 0.186. The average molecular weight is 489 g/mol. The second kappa shape index (κ2) is 9.57. The van der Waals surface area contributed by atoms with Gasteiger partial charge in [0.15, 0.2) is 0 Å². The summed E-state index contributed by atoms with van der Waals surface area (Å²) in [6, 6.07) is 16.7. The SMILES string of the molecule is CCc1nnc2n1C[C@H](CN(Cc1cn3ccccc3c1C#N)Cc1cn3ccccc3c1C#N)CC2. The maximum atomic E-state index is 10.0. The third-order valence-electron chi connectivity index (χ3n) is 7.49. The van der Waals surface area contributed by atoms with Crippen LogP contribution in [-0.2, 0) is 32.5 Å². The summed E-state index contributed by atoms with van der Waals surface area (Å²) < 4.78 is 6.33. The molecule has 184 valence electrons. The molecule has 0 unspecified atom stereocenters. The van der Waals surface area contributed by atoms with Crippen LogP contribution in [0.15, 0.2) is 61.2 Å². The van der Waals surface area contributed by atoms with Gasteiger partial charge in [-0.25, -0.2) is 0 Å². The Bertz CT molecular complexity index is 1560. The normalized spacial score (nSPS) is 15.2. The second-order valence-electron chi connectivity index (χ2n) is 9.84. The molecule has 6 rings (SSSR count). The fourth-order valence-corrected chi connectivity index (χ4v) is 5.75. The highest BCUT2D eigenvalue weighted by atomic mass is 15.3. The molecule has 0 spiro atoms. The van der Waals surface area contributed by atoms with E-state index in [-0.39, 0.29) is 0 Å². The Labute approximate surface area is 215 Å². The van der Waals surface area contributed by atoms with Crippen molar-refractivity contribution in [2.75, 3.05) is 6.54 Å². The first-order valence-electron chi connectivity index (χ1n) is 12.8. The molecule has 5 aromatic rings. The quantitative estimate of drug-likeness (QED) is 0.340. The average Bonchev–Trinajstić information content (AvgIpc) is 3.60. The van der Waals surface area contributed by atoms with Gasteiger partial charge in [-0.3, -0.25) is 4.90 Å². The molecule has 1 aliphatic rings. The van der Waals surface area contributed by atoms with E-state index in [4.69, 9.17) is 0 Å². The van der Waals surface area contributed by atoms with E-state index >= 15 is 0 Å². The van der Waals surface area contributed by atoms with Gasteiger partial charge in [0, 0.05) is 74.9 Å². The summed E-state index contributed by atoms with van der Waals surface area (Å²) in [7, 11) is 0. The van der Waals surface area contributed by atoms with Crippen molar-refractivity contribution < 1.29 is 0 Å². The summed E-state index contributed by atoms with van der Waals surface area (Å²) in [5, 5.41) is 28.8. The van der Waals surface area contributed by atoms with Gasteiger partial charge in [-0.1, -0.05) is 19.1 Å². The van der Waals surface area contributed by atoms with Crippen LogP contribution in [0.5, 0.6) is 0 Å². The fourth-order valence-electron chi connectivity index (χ4n) is 5.75. The highest BCUT2D eigenvalue weighted by Crippen LogP contribution is 2.27. The predicted octanol–water partition coefficient (Wildman–Crippen LogP) is 4.35. The topological polar surface area (TPSA) is 90.3 Å². The lowest BCUT2D eigenvalue weighted by atomic mass is 9.97. The van der Waals surface area contributed by atoms with Crippen molar-refractivity contribution in [3.8, 4) is 12.1 Å². The molecule has 1 aliphatic heterocycles. The van der Waals surface area contributed by atoms with Gasteiger partial charge < -0.3 is 13.4 Å². The van der Waals surface area contributed by atoms with Gasteiger partial charge in [0.1, 0.15) is 23.8 Å². The van der Waals surface area contributed by atoms with Gasteiger partial charge in [0.05, 0.1) is 22.2 Å². The van der Waals surface area contributed by atoms with Crippen LogP contribution in [-0.4, -0.2) is 35.0 Å². The van der Waals surface area contributed by atoms with Crippen LogP contribution in [0, 0.1) is 28.6 Å². The summed E-state index contributed by atoms with van der Waals surface area (Å²) in [6.07, 6.45) is 10.9. The van der Waals surface area contributed by atoms with Crippen LogP contribution >= 0.6 is 0 Å². The van der Waals surface area contributed by atoms with E-state index in [2.05, 4.69) is 51.1 Å². The Hall–Kier alpha value is -4.40. The van der Waals surface area contributed by atoms with Crippen LogP contribution < -0.4 is 0 Å². The lowest BCUT2D eigenvalue weighted by Crippen LogP contribution is -2.34. The van der Waals surface area contributed by atoms with E-state index in [9.17, 15) is 10.5 Å². The minimum absolute atomic E-state index is 0.430. The van der Waals surface area contributed by atoms with Crippen LogP contribution in [0.3, 0.4) is 0 Å². The van der Waals surface area contributed by atoms with Gasteiger partial charge >= 0.3 is 0 Å². The van der Waals surface area contributed by atoms with Gasteiger partial charge in [-0.05, 0) is 36.6 Å². The molecule has 0 aliphatic carbocycles. The number of aryl methyl sites for hydroxylation is 2. The molecule has 0 fully saturated rings. The second-order valence-corrected chi connectivity index (χ2v) is 9.84. The number of fused-ring (bicyclic) bond motifs is 3. The molecule has 8 nitrogen and oxygen atoms in total.